The van der Waals surface area contributed by atoms with E-state index in [0.717, 1.165) is 33.9 Å². The molecule has 1 N–H and O–H groups in total. The largest absolute Gasteiger partial charge is 0.493 e. The third-order valence-corrected chi connectivity index (χ3v) is 3.39. The van der Waals surface area contributed by atoms with Crippen molar-refractivity contribution in [1.29, 1.82) is 0 Å². The molecule has 0 spiro atoms. The molecule has 2 aromatic carbocycles. The zero-order valence-corrected chi connectivity index (χ0v) is 13.5. The van der Waals surface area contributed by atoms with Gasteiger partial charge in [-0.2, -0.15) is 0 Å². The number of aromatic nitrogens is 2. The van der Waals surface area contributed by atoms with E-state index in [0.29, 0.717) is 0 Å². The molecule has 0 aliphatic carbocycles. The third kappa shape index (κ3) is 3.54. The fourth-order valence-corrected chi connectivity index (χ4v) is 2.37. The molecule has 118 valence electrons. The van der Waals surface area contributed by atoms with E-state index >= 15 is 0 Å². The lowest BCUT2D eigenvalue weighted by Crippen LogP contribution is -2.06. The highest BCUT2D eigenvalue weighted by atomic mass is 16.5. The van der Waals surface area contributed by atoms with Crippen LogP contribution in [0.2, 0.25) is 0 Å². The third-order valence-electron chi connectivity index (χ3n) is 3.39. The summed E-state index contributed by atoms with van der Waals surface area (Å²) in [5.41, 5.74) is 3.03. The number of nitrogens with one attached hydrogen (secondary N) is 1. The number of methoxy groups -OCH3 is 1. The summed E-state index contributed by atoms with van der Waals surface area (Å²) in [5.74, 6) is 2.31. The molecule has 1 heterocycles. The van der Waals surface area contributed by atoms with Crippen molar-refractivity contribution in [2.24, 2.45) is 0 Å². The summed E-state index contributed by atoms with van der Waals surface area (Å²) in [6, 6.07) is 13.9. The van der Waals surface area contributed by atoms with Crippen molar-refractivity contribution in [3.05, 3.63) is 53.9 Å². The first-order valence-corrected chi connectivity index (χ1v) is 7.63. The number of rotatable bonds is 5. The van der Waals surface area contributed by atoms with Crippen LogP contribution in [0.5, 0.6) is 11.5 Å². The van der Waals surface area contributed by atoms with Crippen LogP contribution in [0.15, 0.2) is 42.5 Å². The van der Waals surface area contributed by atoms with Crippen molar-refractivity contribution in [2.45, 2.75) is 20.0 Å². The van der Waals surface area contributed by atoms with Crippen LogP contribution < -0.4 is 9.47 Å². The second-order valence-electron chi connectivity index (χ2n) is 5.55. The molecular formula is C19H20N2O2. The monoisotopic (exact) mass is 308 g/mol. The molecule has 3 aromatic rings. The van der Waals surface area contributed by atoms with E-state index in [9.17, 15) is 0 Å². The van der Waals surface area contributed by atoms with Crippen molar-refractivity contribution in [2.75, 3.05) is 7.11 Å². The van der Waals surface area contributed by atoms with Crippen LogP contribution in [0.4, 0.5) is 0 Å². The van der Waals surface area contributed by atoms with Gasteiger partial charge in [-0.05, 0) is 49.8 Å². The molecule has 3 rings (SSSR count). The minimum absolute atomic E-state index is 0.0958. The quantitative estimate of drug-likeness (QED) is 0.753. The van der Waals surface area contributed by atoms with E-state index in [-0.39, 0.29) is 6.10 Å². The molecule has 0 saturated carbocycles. The van der Waals surface area contributed by atoms with Crippen LogP contribution >= 0.6 is 0 Å². The first-order valence-electron chi connectivity index (χ1n) is 7.63. The molecule has 0 bridgehead atoms. The average Bonchev–Trinajstić information content (AvgIpc) is 2.95. The number of aromatic amines is 1. The molecule has 0 radical (unpaired) electrons. The Labute approximate surface area is 135 Å². The lowest BCUT2D eigenvalue weighted by Gasteiger charge is -2.13. The second-order valence-corrected chi connectivity index (χ2v) is 5.55. The molecule has 0 aliphatic heterocycles. The normalized spacial score (nSPS) is 11.5. The van der Waals surface area contributed by atoms with Gasteiger partial charge in [0.1, 0.15) is 5.82 Å². The number of para-hydroxylation sites is 2. The van der Waals surface area contributed by atoms with Gasteiger partial charge in [0.05, 0.1) is 24.2 Å². The SMILES string of the molecule is COc1ccc(C=Cc2nc3ccccc3[nH]2)cc1OC(C)C. The standard InChI is InChI=1S/C19H20N2O2/c1-13(2)23-18-12-14(8-10-17(18)22-3)9-11-19-20-15-6-4-5-7-16(15)21-19/h4-13H,1-3H3,(H,20,21). The van der Waals surface area contributed by atoms with Gasteiger partial charge in [-0.25, -0.2) is 4.98 Å². The molecule has 1 aromatic heterocycles. The maximum absolute atomic E-state index is 5.79. The summed E-state index contributed by atoms with van der Waals surface area (Å²) in [6.45, 7) is 3.99. The van der Waals surface area contributed by atoms with Gasteiger partial charge in [0.15, 0.2) is 11.5 Å². The summed E-state index contributed by atoms with van der Waals surface area (Å²) < 4.78 is 11.1. The number of fused-ring (bicyclic) bond motifs is 1. The molecule has 4 nitrogen and oxygen atoms in total. The number of ether oxygens (including phenoxy) is 2. The van der Waals surface area contributed by atoms with E-state index < -0.39 is 0 Å². The molecule has 0 atom stereocenters. The van der Waals surface area contributed by atoms with Crippen LogP contribution in [-0.4, -0.2) is 23.2 Å². The Bertz CT molecular complexity index is 801. The zero-order chi connectivity index (χ0) is 16.2. The molecule has 4 heteroatoms. The predicted octanol–water partition coefficient (Wildman–Crippen LogP) is 4.53. The summed E-state index contributed by atoms with van der Waals surface area (Å²) >= 11 is 0. The Balaban J connectivity index is 1.86. The van der Waals surface area contributed by atoms with Gasteiger partial charge in [0.25, 0.3) is 0 Å². The summed E-state index contributed by atoms with van der Waals surface area (Å²) in [7, 11) is 1.65. The average molecular weight is 308 g/mol. The van der Waals surface area contributed by atoms with E-state index in [1.165, 1.54) is 0 Å². The number of hydrogen-bond acceptors (Lipinski definition) is 3. The number of imidazole rings is 1. The van der Waals surface area contributed by atoms with Crippen molar-refractivity contribution in [3.63, 3.8) is 0 Å². The van der Waals surface area contributed by atoms with Crippen LogP contribution in [0.25, 0.3) is 23.2 Å². The molecular weight excluding hydrogens is 288 g/mol. The van der Waals surface area contributed by atoms with Gasteiger partial charge >= 0.3 is 0 Å². The number of hydrogen-bond donors (Lipinski definition) is 1. The van der Waals surface area contributed by atoms with Gasteiger partial charge in [0.2, 0.25) is 0 Å². The Morgan fingerprint density at radius 3 is 2.61 bits per heavy atom. The first kappa shape index (κ1) is 15.2. The topological polar surface area (TPSA) is 47.1 Å². The minimum atomic E-state index is 0.0958. The van der Waals surface area contributed by atoms with Gasteiger partial charge in [-0.15, -0.1) is 0 Å². The summed E-state index contributed by atoms with van der Waals surface area (Å²) in [6.07, 6.45) is 4.06. The van der Waals surface area contributed by atoms with Crippen molar-refractivity contribution in [3.8, 4) is 11.5 Å². The van der Waals surface area contributed by atoms with Crippen LogP contribution in [0, 0.1) is 0 Å². The Kier molecular flexibility index (Phi) is 4.33. The van der Waals surface area contributed by atoms with Gasteiger partial charge in [0, 0.05) is 0 Å². The minimum Gasteiger partial charge on any atom is -0.493 e. The molecule has 0 fully saturated rings. The first-order chi connectivity index (χ1) is 11.2. The predicted molar refractivity (Wildman–Crippen MR) is 93.8 cm³/mol. The zero-order valence-electron chi connectivity index (χ0n) is 13.5. The Morgan fingerprint density at radius 1 is 1.04 bits per heavy atom. The molecule has 0 aliphatic rings. The molecule has 0 amide bonds. The van der Waals surface area contributed by atoms with E-state index in [1.807, 2.05) is 68.5 Å². The maximum atomic E-state index is 5.79. The fourth-order valence-electron chi connectivity index (χ4n) is 2.37. The van der Waals surface area contributed by atoms with Gasteiger partial charge < -0.3 is 14.5 Å². The fraction of sp³-hybridized carbons (Fsp3) is 0.211. The van der Waals surface area contributed by atoms with Crippen LogP contribution in [0.1, 0.15) is 25.2 Å². The Morgan fingerprint density at radius 2 is 1.87 bits per heavy atom. The van der Waals surface area contributed by atoms with E-state index in [4.69, 9.17) is 9.47 Å². The number of H-pyrrole nitrogens is 1. The smallest absolute Gasteiger partial charge is 0.162 e. The Hall–Kier alpha value is -2.75. The van der Waals surface area contributed by atoms with Crippen molar-refractivity contribution >= 4 is 23.2 Å². The second kappa shape index (κ2) is 6.57. The van der Waals surface area contributed by atoms with Crippen molar-refractivity contribution < 1.29 is 9.47 Å². The highest BCUT2D eigenvalue weighted by Crippen LogP contribution is 2.29. The number of nitrogens with zero attached hydrogens (tertiary/aromatic N) is 1. The number of benzene rings is 2. The molecule has 23 heavy (non-hydrogen) atoms. The van der Waals surface area contributed by atoms with Gasteiger partial charge in [-0.1, -0.05) is 24.3 Å². The highest BCUT2D eigenvalue weighted by Gasteiger charge is 2.06. The van der Waals surface area contributed by atoms with E-state index in [2.05, 4.69) is 9.97 Å². The molecule has 0 unspecified atom stereocenters. The highest BCUT2D eigenvalue weighted by molar-refractivity contribution is 5.78. The molecule has 0 saturated heterocycles. The van der Waals surface area contributed by atoms with Gasteiger partial charge in [-0.3, -0.25) is 0 Å². The lowest BCUT2D eigenvalue weighted by atomic mass is 10.2. The summed E-state index contributed by atoms with van der Waals surface area (Å²) in [4.78, 5) is 7.82. The van der Waals surface area contributed by atoms with Crippen molar-refractivity contribution in [1.82, 2.24) is 9.97 Å². The summed E-state index contributed by atoms with van der Waals surface area (Å²) in [5, 5.41) is 0. The van der Waals surface area contributed by atoms with Crippen LogP contribution in [0.3, 0.4) is 0 Å². The lowest BCUT2D eigenvalue weighted by molar-refractivity contribution is 0.230. The maximum Gasteiger partial charge on any atom is 0.162 e. The van der Waals surface area contributed by atoms with Crippen LogP contribution in [-0.2, 0) is 0 Å². The van der Waals surface area contributed by atoms with E-state index in [1.54, 1.807) is 7.11 Å².